The number of hydrogen-bond acceptors (Lipinski definition) is 4. The summed E-state index contributed by atoms with van der Waals surface area (Å²) in [6.45, 7) is 0. The van der Waals surface area contributed by atoms with E-state index in [9.17, 15) is 5.11 Å². The summed E-state index contributed by atoms with van der Waals surface area (Å²) in [6.07, 6.45) is 0.0774. The highest BCUT2D eigenvalue weighted by Gasteiger charge is 2.42. The Kier molecular flexibility index (Phi) is 4.69. The van der Waals surface area contributed by atoms with Crippen molar-refractivity contribution in [3.63, 3.8) is 0 Å². The number of fused-ring (bicyclic) bond motifs is 3. The summed E-state index contributed by atoms with van der Waals surface area (Å²) in [6, 6.07) is 19.1. The fourth-order valence-corrected chi connectivity index (χ4v) is 4.73. The highest BCUT2D eigenvalue weighted by atomic mass is 79.9. The van der Waals surface area contributed by atoms with Crippen molar-refractivity contribution < 1.29 is 9.84 Å². The van der Waals surface area contributed by atoms with E-state index >= 15 is 0 Å². The number of phenols is 1. The Morgan fingerprint density at radius 2 is 1.83 bits per heavy atom. The summed E-state index contributed by atoms with van der Waals surface area (Å²) < 4.78 is 7.25. The zero-order valence-electron chi connectivity index (χ0n) is 15.0. The van der Waals surface area contributed by atoms with Crippen LogP contribution in [0.15, 0.2) is 70.2 Å². The van der Waals surface area contributed by atoms with Gasteiger partial charge in [0.25, 0.3) is 0 Å². The van der Waals surface area contributed by atoms with Gasteiger partial charge >= 0.3 is 0 Å². The fourth-order valence-electron chi connectivity index (χ4n) is 3.84. The lowest BCUT2D eigenvalue weighted by Crippen LogP contribution is -2.33. The van der Waals surface area contributed by atoms with Crippen molar-refractivity contribution in [2.75, 3.05) is 0 Å². The number of ether oxygens (including phenoxy) is 1. The molecule has 0 spiro atoms. The average molecular weight is 490 g/mol. The van der Waals surface area contributed by atoms with Crippen molar-refractivity contribution in [2.45, 2.75) is 18.7 Å². The number of phenolic OH excluding ortho intramolecular Hbond substituents is 1. The predicted octanol–water partition coefficient (Wildman–Crippen LogP) is 6.70. The molecule has 146 valence electrons. The molecule has 1 N–H and O–H groups in total. The van der Waals surface area contributed by atoms with Crippen molar-refractivity contribution >= 4 is 44.8 Å². The number of aromatic hydroxyl groups is 1. The summed E-state index contributed by atoms with van der Waals surface area (Å²) in [7, 11) is 0. The molecule has 2 aliphatic heterocycles. The third-order valence-electron chi connectivity index (χ3n) is 5.18. The molecule has 29 heavy (non-hydrogen) atoms. The first-order valence-electron chi connectivity index (χ1n) is 9.06. The third-order valence-corrected chi connectivity index (χ3v) is 6.18. The Morgan fingerprint density at radius 1 is 1.03 bits per heavy atom. The van der Waals surface area contributed by atoms with E-state index in [4.69, 9.17) is 33.0 Å². The van der Waals surface area contributed by atoms with Crippen LogP contribution in [0.5, 0.6) is 11.5 Å². The van der Waals surface area contributed by atoms with Crippen LogP contribution in [0.1, 0.15) is 35.4 Å². The molecule has 3 aromatic carbocycles. The minimum Gasteiger partial charge on any atom is -0.506 e. The molecular weight excluding hydrogens is 475 g/mol. The van der Waals surface area contributed by atoms with Gasteiger partial charge in [0.05, 0.1) is 22.3 Å². The van der Waals surface area contributed by atoms with E-state index in [1.54, 1.807) is 6.07 Å². The Bertz CT molecular complexity index is 1140. The average Bonchev–Trinajstić information content (AvgIpc) is 3.17. The number of benzene rings is 3. The summed E-state index contributed by atoms with van der Waals surface area (Å²) in [5.74, 6) is 0.697. The van der Waals surface area contributed by atoms with Crippen molar-refractivity contribution in [3.05, 3.63) is 91.9 Å². The van der Waals surface area contributed by atoms with Gasteiger partial charge in [0, 0.05) is 21.5 Å². The maximum absolute atomic E-state index is 10.6. The van der Waals surface area contributed by atoms with Crippen molar-refractivity contribution in [1.82, 2.24) is 5.01 Å². The smallest absolute Gasteiger partial charge is 0.217 e. The molecule has 0 radical (unpaired) electrons. The minimum atomic E-state index is -0.647. The van der Waals surface area contributed by atoms with Crippen LogP contribution in [0, 0.1) is 0 Å². The van der Waals surface area contributed by atoms with Gasteiger partial charge in [-0.25, -0.2) is 5.01 Å². The van der Waals surface area contributed by atoms with E-state index in [0.717, 1.165) is 33.5 Å². The lowest BCUT2D eigenvalue weighted by Gasteiger charge is -2.38. The Labute approximate surface area is 186 Å². The zero-order chi connectivity index (χ0) is 20.1. The maximum atomic E-state index is 10.6. The molecule has 3 aromatic rings. The third kappa shape index (κ3) is 3.27. The van der Waals surface area contributed by atoms with Crippen LogP contribution in [-0.4, -0.2) is 15.8 Å². The molecule has 2 atom stereocenters. The molecule has 0 unspecified atom stereocenters. The van der Waals surface area contributed by atoms with Crippen LogP contribution < -0.4 is 4.74 Å². The summed E-state index contributed by atoms with van der Waals surface area (Å²) >= 11 is 15.9. The fraction of sp³-hybridized carbons (Fsp3) is 0.136. The first-order chi connectivity index (χ1) is 14.0. The van der Waals surface area contributed by atoms with Gasteiger partial charge in [-0.05, 0) is 35.9 Å². The molecule has 2 aliphatic rings. The van der Waals surface area contributed by atoms with Gasteiger partial charge in [0.1, 0.15) is 11.5 Å². The first kappa shape index (κ1) is 18.8. The number of hydrazone groups is 1. The molecule has 2 heterocycles. The van der Waals surface area contributed by atoms with Gasteiger partial charge in [-0.15, -0.1) is 0 Å². The van der Waals surface area contributed by atoms with Gasteiger partial charge in [-0.3, -0.25) is 0 Å². The van der Waals surface area contributed by atoms with Crippen LogP contribution in [0.4, 0.5) is 0 Å². The molecule has 0 fully saturated rings. The molecule has 0 aromatic heterocycles. The number of rotatable bonds is 2. The number of halogens is 3. The highest BCUT2D eigenvalue weighted by molar-refractivity contribution is 9.10. The van der Waals surface area contributed by atoms with E-state index in [1.807, 2.05) is 47.5 Å². The Balaban J connectivity index is 1.66. The molecule has 0 aliphatic carbocycles. The summed E-state index contributed by atoms with van der Waals surface area (Å²) in [5.41, 5.74) is 3.55. The van der Waals surface area contributed by atoms with Crippen LogP contribution in [-0.2, 0) is 0 Å². The summed E-state index contributed by atoms with van der Waals surface area (Å²) in [4.78, 5) is 0. The molecule has 5 rings (SSSR count). The molecular formula is C22H15BrCl2N2O2. The van der Waals surface area contributed by atoms with Crippen molar-refractivity contribution in [1.29, 1.82) is 0 Å². The highest BCUT2D eigenvalue weighted by Crippen LogP contribution is 2.50. The van der Waals surface area contributed by atoms with Gasteiger partial charge in [0.2, 0.25) is 6.23 Å². The van der Waals surface area contributed by atoms with E-state index < -0.39 is 6.23 Å². The quantitative estimate of drug-likeness (QED) is 0.435. The lowest BCUT2D eigenvalue weighted by molar-refractivity contribution is -0.0203. The zero-order valence-corrected chi connectivity index (χ0v) is 18.1. The van der Waals surface area contributed by atoms with E-state index in [2.05, 4.69) is 22.0 Å². The lowest BCUT2D eigenvalue weighted by atomic mass is 9.96. The van der Waals surface area contributed by atoms with Crippen molar-refractivity contribution in [2.24, 2.45) is 5.10 Å². The predicted molar refractivity (Wildman–Crippen MR) is 118 cm³/mol. The number of hydrogen-bond donors (Lipinski definition) is 1. The molecule has 4 nitrogen and oxygen atoms in total. The topological polar surface area (TPSA) is 45.1 Å². The Morgan fingerprint density at radius 3 is 2.62 bits per heavy atom. The monoisotopic (exact) mass is 488 g/mol. The normalized spacial score (nSPS) is 20.0. The van der Waals surface area contributed by atoms with Gasteiger partial charge in [0.15, 0.2) is 0 Å². The second-order valence-electron chi connectivity index (χ2n) is 6.99. The standard InChI is InChI=1S/C22H15BrCl2N2O2/c23-13-6-7-20-15(8-13)19-11-18(12-4-2-1-3-5-12)26-27(19)22(29-20)16-9-14(24)10-17(25)21(16)28/h1-10,19,22,28H,11H2/t19-,22+/m0/s1. The van der Waals surface area contributed by atoms with Crippen molar-refractivity contribution in [3.8, 4) is 11.5 Å². The van der Waals surface area contributed by atoms with E-state index in [1.165, 1.54) is 6.07 Å². The van der Waals surface area contributed by atoms with Gasteiger partial charge < -0.3 is 9.84 Å². The SMILES string of the molecule is Oc1c(Cl)cc(Cl)cc1[C@H]1Oc2ccc(Br)cc2[C@@H]2CC(c3ccccc3)=NN12. The molecule has 0 amide bonds. The molecule has 0 bridgehead atoms. The minimum absolute atomic E-state index is 0.0337. The number of nitrogens with zero attached hydrogens (tertiary/aromatic N) is 2. The van der Waals surface area contributed by atoms with Crippen LogP contribution in [0.2, 0.25) is 10.0 Å². The summed E-state index contributed by atoms with van der Waals surface area (Å²) in [5, 5.41) is 18.0. The maximum Gasteiger partial charge on any atom is 0.217 e. The first-order valence-corrected chi connectivity index (χ1v) is 10.6. The molecule has 7 heteroatoms. The second-order valence-corrected chi connectivity index (χ2v) is 8.75. The van der Waals surface area contributed by atoms with E-state index in [-0.39, 0.29) is 16.8 Å². The van der Waals surface area contributed by atoms with Crippen LogP contribution in [0.25, 0.3) is 0 Å². The molecule has 0 saturated carbocycles. The van der Waals surface area contributed by atoms with E-state index in [0.29, 0.717) is 10.6 Å². The van der Waals surface area contributed by atoms with Gasteiger partial charge in [-0.2, -0.15) is 5.10 Å². The second kappa shape index (κ2) is 7.24. The largest absolute Gasteiger partial charge is 0.506 e. The molecule has 0 saturated heterocycles. The van der Waals surface area contributed by atoms with Gasteiger partial charge in [-0.1, -0.05) is 69.5 Å². The van der Waals surface area contributed by atoms with Crippen LogP contribution in [0.3, 0.4) is 0 Å². The Hall–Kier alpha value is -2.21. The van der Waals surface area contributed by atoms with Crippen LogP contribution >= 0.6 is 39.1 Å².